The lowest BCUT2D eigenvalue weighted by molar-refractivity contribution is 0.102. The van der Waals surface area contributed by atoms with Crippen molar-refractivity contribution in [1.29, 1.82) is 0 Å². The number of rotatable bonds is 4. The second-order valence-corrected chi connectivity index (χ2v) is 6.74. The molecule has 0 spiro atoms. The number of anilines is 3. The average Bonchev–Trinajstić information content (AvgIpc) is 2.71. The van der Waals surface area contributed by atoms with Gasteiger partial charge in [-0.1, -0.05) is 17.7 Å². The summed E-state index contributed by atoms with van der Waals surface area (Å²) in [7, 11) is 0. The molecule has 0 saturated carbocycles. The van der Waals surface area contributed by atoms with Crippen LogP contribution in [0, 0.1) is 6.92 Å². The highest BCUT2D eigenvalue weighted by atomic mass is 35.5. The number of amides is 1. The summed E-state index contributed by atoms with van der Waals surface area (Å²) in [5.74, 6) is 0.990. The lowest BCUT2D eigenvalue weighted by atomic mass is 10.2. The molecular formula is C21H18ClN3O3. The van der Waals surface area contributed by atoms with E-state index < -0.39 is 0 Å². The van der Waals surface area contributed by atoms with Gasteiger partial charge < -0.3 is 20.1 Å². The maximum absolute atomic E-state index is 12.5. The first-order chi connectivity index (χ1) is 13.6. The van der Waals surface area contributed by atoms with E-state index in [9.17, 15) is 4.79 Å². The summed E-state index contributed by atoms with van der Waals surface area (Å²) >= 11 is 6.14. The molecule has 142 valence electrons. The molecule has 28 heavy (non-hydrogen) atoms. The molecule has 3 aromatic rings. The van der Waals surface area contributed by atoms with Crippen LogP contribution in [0.3, 0.4) is 0 Å². The molecule has 0 bridgehead atoms. The minimum atomic E-state index is -0.304. The SMILES string of the molecule is Cc1ccc(Nc2ccc(C(=O)Nc3ccc4c(c3)OCCO4)nc2)cc1Cl. The van der Waals surface area contributed by atoms with E-state index in [1.165, 1.54) is 0 Å². The number of hydrogen-bond donors (Lipinski definition) is 2. The Hall–Kier alpha value is -3.25. The first-order valence-electron chi connectivity index (χ1n) is 8.79. The van der Waals surface area contributed by atoms with Crippen molar-refractivity contribution in [2.24, 2.45) is 0 Å². The fourth-order valence-corrected chi connectivity index (χ4v) is 2.94. The third kappa shape index (κ3) is 4.02. The summed E-state index contributed by atoms with van der Waals surface area (Å²) in [5.41, 5.74) is 3.55. The van der Waals surface area contributed by atoms with Gasteiger partial charge in [-0.2, -0.15) is 0 Å². The number of pyridine rings is 1. The van der Waals surface area contributed by atoms with Crippen LogP contribution in [0.2, 0.25) is 5.02 Å². The molecule has 1 aliphatic rings. The summed E-state index contributed by atoms with van der Waals surface area (Å²) in [6.07, 6.45) is 1.60. The molecule has 7 heteroatoms. The van der Waals surface area contributed by atoms with Gasteiger partial charge >= 0.3 is 0 Å². The molecule has 0 atom stereocenters. The quantitative estimate of drug-likeness (QED) is 0.663. The van der Waals surface area contributed by atoms with Gasteiger partial charge in [0.15, 0.2) is 11.5 Å². The number of halogens is 1. The second-order valence-electron chi connectivity index (χ2n) is 6.33. The lowest BCUT2D eigenvalue weighted by Crippen LogP contribution is -2.17. The van der Waals surface area contributed by atoms with Gasteiger partial charge in [0.1, 0.15) is 18.9 Å². The van der Waals surface area contributed by atoms with Gasteiger partial charge in [0.2, 0.25) is 0 Å². The molecule has 2 heterocycles. The molecule has 6 nitrogen and oxygen atoms in total. The van der Waals surface area contributed by atoms with Gasteiger partial charge in [0.05, 0.1) is 11.9 Å². The lowest BCUT2D eigenvalue weighted by Gasteiger charge is -2.19. The number of carbonyl (C=O) groups excluding carboxylic acids is 1. The van der Waals surface area contributed by atoms with Crippen LogP contribution in [0.15, 0.2) is 54.7 Å². The molecule has 0 radical (unpaired) electrons. The normalized spacial score (nSPS) is 12.4. The Morgan fingerprint density at radius 3 is 2.46 bits per heavy atom. The van der Waals surface area contributed by atoms with Gasteiger partial charge in [-0.25, -0.2) is 4.98 Å². The first-order valence-corrected chi connectivity index (χ1v) is 9.16. The predicted molar refractivity (Wildman–Crippen MR) is 109 cm³/mol. The van der Waals surface area contributed by atoms with E-state index in [-0.39, 0.29) is 5.91 Å². The van der Waals surface area contributed by atoms with Crippen LogP contribution in [0.25, 0.3) is 0 Å². The number of aryl methyl sites for hydroxylation is 1. The summed E-state index contributed by atoms with van der Waals surface area (Å²) in [5, 5.41) is 6.72. The fourth-order valence-electron chi connectivity index (χ4n) is 2.76. The minimum absolute atomic E-state index is 0.304. The average molecular weight is 396 g/mol. The van der Waals surface area contributed by atoms with E-state index in [0.717, 1.165) is 16.9 Å². The molecule has 4 rings (SSSR count). The van der Waals surface area contributed by atoms with Gasteiger partial charge in [-0.3, -0.25) is 4.79 Å². The molecule has 1 aromatic heterocycles. The largest absolute Gasteiger partial charge is 0.486 e. The zero-order chi connectivity index (χ0) is 19.5. The predicted octanol–water partition coefficient (Wildman–Crippen LogP) is 4.81. The highest BCUT2D eigenvalue weighted by Gasteiger charge is 2.14. The number of nitrogens with one attached hydrogen (secondary N) is 2. The van der Waals surface area contributed by atoms with E-state index >= 15 is 0 Å². The van der Waals surface area contributed by atoms with E-state index in [1.807, 2.05) is 25.1 Å². The van der Waals surface area contributed by atoms with Gasteiger partial charge in [-0.15, -0.1) is 0 Å². The highest BCUT2D eigenvalue weighted by molar-refractivity contribution is 6.31. The van der Waals surface area contributed by atoms with Crippen molar-refractivity contribution in [2.45, 2.75) is 6.92 Å². The van der Waals surface area contributed by atoms with Crippen molar-refractivity contribution in [3.05, 3.63) is 71.0 Å². The van der Waals surface area contributed by atoms with Crippen LogP contribution in [0.5, 0.6) is 11.5 Å². The van der Waals surface area contributed by atoms with Crippen LogP contribution in [-0.2, 0) is 0 Å². The van der Waals surface area contributed by atoms with Crippen molar-refractivity contribution >= 4 is 34.6 Å². The maximum atomic E-state index is 12.5. The van der Waals surface area contributed by atoms with Crippen LogP contribution < -0.4 is 20.1 Å². The molecular weight excluding hydrogens is 378 g/mol. The van der Waals surface area contributed by atoms with Gasteiger partial charge in [0, 0.05) is 22.5 Å². The van der Waals surface area contributed by atoms with Gasteiger partial charge in [-0.05, 0) is 48.9 Å². The smallest absolute Gasteiger partial charge is 0.274 e. The molecule has 2 aromatic carbocycles. The number of benzene rings is 2. The molecule has 0 aliphatic carbocycles. The number of hydrogen-bond acceptors (Lipinski definition) is 5. The summed E-state index contributed by atoms with van der Waals surface area (Å²) in [4.78, 5) is 16.7. The number of ether oxygens (including phenoxy) is 2. The molecule has 2 N–H and O–H groups in total. The molecule has 1 aliphatic heterocycles. The second kappa shape index (κ2) is 7.78. The van der Waals surface area contributed by atoms with E-state index in [2.05, 4.69) is 15.6 Å². The molecule has 0 saturated heterocycles. The number of aromatic nitrogens is 1. The van der Waals surface area contributed by atoms with Gasteiger partial charge in [0.25, 0.3) is 5.91 Å². The first kappa shape index (κ1) is 18.1. The third-order valence-electron chi connectivity index (χ3n) is 4.26. The van der Waals surface area contributed by atoms with Crippen LogP contribution in [0.1, 0.15) is 16.1 Å². The Kier molecular flexibility index (Phi) is 5.04. The van der Waals surface area contributed by atoms with Crippen LogP contribution in [0.4, 0.5) is 17.1 Å². The molecule has 0 fully saturated rings. The van der Waals surface area contributed by atoms with Crippen molar-refractivity contribution in [2.75, 3.05) is 23.8 Å². The van der Waals surface area contributed by atoms with E-state index in [4.69, 9.17) is 21.1 Å². The van der Waals surface area contributed by atoms with Crippen molar-refractivity contribution in [1.82, 2.24) is 4.98 Å². The summed E-state index contributed by atoms with van der Waals surface area (Å²) in [6, 6.07) is 14.4. The fraction of sp³-hybridized carbons (Fsp3) is 0.143. The zero-order valence-corrected chi connectivity index (χ0v) is 15.9. The third-order valence-corrected chi connectivity index (χ3v) is 4.66. The van der Waals surface area contributed by atoms with Crippen LogP contribution in [-0.4, -0.2) is 24.1 Å². The van der Waals surface area contributed by atoms with E-state index in [1.54, 1.807) is 36.5 Å². The Morgan fingerprint density at radius 1 is 0.964 bits per heavy atom. The number of carbonyl (C=O) groups is 1. The zero-order valence-electron chi connectivity index (χ0n) is 15.2. The molecule has 0 unspecified atom stereocenters. The summed E-state index contributed by atoms with van der Waals surface area (Å²) < 4.78 is 11.0. The Morgan fingerprint density at radius 2 is 1.71 bits per heavy atom. The number of nitrogens with zero attached hydrogens (tertiary/aromatic N) is 1. The standard InChI is InChI=1S/C21H18ClN3O3/c1-13-2-3-14(10-17(13)22)24-16-4-6-18(23-12-16)21(26)25-15-5-7-19-20(11-15)28-9-8-27-19/h2-7,10-12,24H,8-9H2,1H3,(H,25,26). The van der Waals surface area contributed by atoms with Crippen molar-refractivity contribution in [3.63, 3.8) is 0 Å². The monoisotopic (exact) mass is 395 g/mol. The van der Waals surface area contributed by atoms with E-state index in [0.29, 0.717) is 41.1 Å². The Labute approximate surface area is 167 Å². The Balaban J connectivity index is 1.43. The summed E-state index contributed by atoms with van der Waals surface area (Å²) in [6.45, 7) is 2.97. The van der Waals surface area contributed by atoms with Crippen molar-refractivity contribution < 1.29 is 14.3 Å². The maximum Gasteiger partial charge on any atom is 0.274 e. The Bertz CT molecular complexity index is 1020. The van der Waals surface area contributed by atoms with Crippen molar-refractivity contribution in [3.8, 4) is 11.5 Å². The topological polar surface area (TPSA) is 72.5 Å². The molecule has 1 amide bonds. The minimum Gasteiger partial charge on any atom is -0.486 e. The number of fused-ring (bicyclic) bond motifs is 1. The van der Waals surface area contributed by atoms with Crippen LogP contribution >= 0.6 is 11.6 Å². The highest BCUT2D eigenvalue weighted by Crippen LogP contribution is 2.32.